The summed E-state index contributed by atoms with van der Waals surface area (Å²) in [6.45, 7) is 7.52. The minimum absolute atomic E-state index is 0.143. The standard InChI is InChI=1S/C19H30N4O2/c1-15-12-22(14-18(15)21-7-9-25-10-8-21)19(24)16-11-20-23(13-16)17-5-3-2-4-6-17/h11,13,15,17-18H,2-10,12,14H2,1H3/t15-,18-/m0/s1. The first kappa shape index (κ1) is 17.0. The number of likely N-dealkylation sites (tertiary alicyclic amines) is 1. The summed E-state index contributed by atoms with van der Waals surface area (Å²) < 4.78 is 7.50. The van der Waals surface area contributed by atoms with Crippen molar-refractivity contribution in [3.8, 4) is 0 Å². The molecule has 6 nitrogen and oxygen atoms in total. The molecule has 3 heterocycles. The van der Waals surface area contributed by atoms with E-state index in [0.29, 0.717) is 18.0 Å². The molecule has 3 fully saturated rings. The molecule has 0 unspecified atom stereocenters. The monoisotopic (exact) mass is 346 g/mol. The molecule has 0 bridgehead atoms. The molecule has 25 heavy (non-hydrogen) atoms. The number of carbonyl (C=O) groups excluding carboxylic acids is 1. The van der Waals surface area contributed by atoms with Crippen molar-refractivity contribution >= 4 is 5.91 Å². The lowest BCUT2D eigenvalue weighted by Gasteiger charge is -2.33. The Morgan fingerprint density at radius 3 is 2.68 bits per heavy atom. The lowest BCUT2D eigenvalue weighted by Crippen LogP contribution is -2.47. The van der Waals surface area contributed by atoms with Crippen LogP contribution in [0.3, 0.4) is 0 Å². The number of hydrogen-bond donors (Lipinski definition) is 0. The van der Waals surface area contributed by atoms with E-state index >= 15 is 0 Å². The van der Waals surface area contributed by atoms with E-state index in [-0.39, 0.29) is 5.91 Å². The second-order valence-electron chi connectivity index (χ2n) is 7.90. The maximum atomic E-state index is 12.9. The van der Waals surface area contributed by atoms with E-state index in [1.165, 1.54) is 32.1 Å². The number of nitrogens with zero attached hydrogens (tertiary/aromatic N) is 4. The van der Waals surface area contributed by atoms with Gasteiger partial charge in [0.05, 0.1) is 31.0 Å². The Hall–Kier alpha value is -1.40. The van der Waals surface area contributed by atoms with Crippen LogP contribution in [0.15, 0.2) is 12.4 Å². The van der Waals surface area contributed by atoms with Crippen molar-refractivity contribution in [3.05, 3.63) is 18.0 Å². The molecule has 2 saturated heterocycles. The maximum Gasteiger partial charge on any atom is 0.257 e. The van der Waals surface area contributed by atoms with Crippen LogP contribution < -0.4 is 0 Å². The summed E-state index contributed by atoms with van der Waals surface area (Å²) >= 11 is 0. The molecule has 1 aliphatic carbocycles. The van der Waals surface area contributed by atoms with Crippen LogP contribution in [0.25, 0.3) is 0 Å². The van der Waals surface area contributed by atoms with Crippen LogP contribution in [0.2, 0.25) is 0 Å². The first-order chi connectivity index (χ1) is 12.2. The predicted octanol–water partition coefficient (Wildman–Crippen LogP) is 2.18. The van der Waals surface area contributed by atoms with Crippen molar-refractivity contribution in [2.24, 2.45) is 5.92 Å². The third kappa shape index (κ3) is 3.60. The van der Waals surface area contributed by atoms with Gasteiger partial charge in [0.1, 0.15) is 0 Å². The van der Waals surface area contributed by atoms with Crippen molar-refractivity contribution in [1.82, 2.24) is 19.6 Å². The summed E-state index contributed by atoms with van der Waals surface area (Å²) in [4.78, 5) is 17.5. The Labute approximate surface area is 150 Å². The Morgan fingerprint density at radius 1 is 1.16 bits per heavy atom. The van der Waals surface area contributed by atoms with E-state index in [0.717, 1.165) is 45.0 Å². The van der Waals surface area contributed by atoms with Crippen LogP contribution in [0.4, 0.5) is 0 Å². The molecule has 1 amide bonds. The van der Waals surface area contributed by atoms with Gasteiger partial charge in [-0.3, -0.25) is 14.4 Å². The van der Waals surface area contributed by atoms with Crippen LogP contribution in [-0.4, -0.2) is 70.9 Å². The highest BCUT2D eigenvalue weighted by molar-refractivity contribution is 5.94. The van der Waals surface area contributed by atoms with Crippen LogP contribution in [0.5, 0.6) is 0 Å². The van der Waals surface area contributed by atoms with Gasteiger partial charge in [-0.1, -0.05) is 26.2 Å². The Bertz CT molecular complexity index is 590. The highest BCUT2D eigenvalue weighted by Crippen LogP contribution is 2.28. The fourth-order valence-electron chi connectivity index (χ4n) is 4.68. The second kappa shape index (κ2) is 7.46. The minimum atomic E-state index is 0.143. The average Bonchev–Trinajstić information content (AvgIpc) is 3.30. The Balaban J connectivity index is 1.40. The van der Waals surface area contributed by atoms with Crippen LogP contribution >= 0.6 is 0 Å². The van der Waals surface area contributed by atoms with Gasteiger partial charge in [0.15, 0.2) is 0 Å². The van der Waals surface area contributed by atoms with Crippen LogP contribution in [0.1, 0.15) is 55.4 Å². The average molecular weight is 346 g/mol. The smallest absolute Gasteiger partial charge is 0.257 e. The SMILES string of the molecule is C[C@H]1CN(C(=O)c2cnn(C3CCCCC3)c2)C[C@@H]1N1CCOCC1. The number of carbonyl (C=O) groups is 1. The molecule has 1 saturated carbocycles. The van der Waals surface area contributed by atoms with Gasteiger partial charge in [0.25, 0.3) is 5.91 Å². The largest absolute Gasteiger partial charge is 0.379 e. The van der Waals surface area contributed by atoms with Crippen molar-refractivity contribution in [2.45, 2.75) is 51.1 Å². The van der Waals surface area contributed by atoms with E-state index in [4.69, 9.17) is 4.74 Å². The molecule has 138 valence electrons. The first-order valence-corrected chi connectivity index (χ1v) is 9.87. The predicted molar refractivity (Wildman–Crippen MR) is 95.6 cm³/mol. The molecule has 3 aliphatic rings. The fraction of sp³-hybridized carbons (Fsp3) is 0.789. The Kier molecular flexibility index (Phi) is 5.08. The molecule has 0 N–H and O–H groups in total. The van der Waals surface area contributed by atoms with E-state index < -0.39 is 0 Å². The van der Waals surface area contributed by atoms with E-state index in [1.807, 2.05) is 15.8 Å². The quantitative estimate of drug-likeness (QED) is 0.842. The van der Waals surface area contributed by atoms with Crippen molar-refractivity contribution in [2.75, 3.05) is 39.4 Å². The summed E-state index contributed by atoms with van der Waals surface area (Å²) in [6.07, 6.45) is 10.0. The second-order valence-corrected chi connectivity index (χ2v) is 7.90. The van der Waals surface area contributed by atoms with Gasteiger partial charge in [-0.15, -0.1) is 0 Å². The molecule has 2 aliphatic heterocycles. The van der Waals surface area contributed by atoms with E-state index in [1.54, 1.807) is 6.20 Å². The number of amides is 1. The minimum Gasteiger partial charge on any atom is -0.379 e. The lowest BCUT2D eigenvalue weighted by molar-refractivity contribution is 0.0119. The maximum absolute atomic E-state index is 12.9. The fourth-order valence-corrected chi connectivity index (χ4v) is 4.68. The summed E-state index contributed by atoms with van der Waals surface area (Å²) in [5, 5.41) is 4.50. The van der Waals surface area contributed by atoms with Gasteiger partial charge < -0.3 is 9.64 Å². The number of morpholine rings is 1. The molecule has 2 atom stereocenters. The molecular weight excluding hydrogens is 316 g/mol. The molecule has 0 radical (unpaired) electrons. The topological polar surface area (TPSA) is 50.6 Å². The third-order valence-corrected chi connectivity index (χ3v) is 6.17. The highest BCUT2D eigenvalue weighted by atomic mass is 16.5. The van der Waals surface area contributed by atoms with E-state index in [2.05, 4.69) is 16.9 Å². The molecule has 1 aromatic rings. The number of rotatable bonds is 3. The lowest BCUT2D eigenvalue weighted by atomic mass is 9.96. The zero-order valence-electron chi connectivity index (χ0n) is 15.3. The first-order valence-electron chi connectivity index (χ1n) is 9.87. The van der Waals surface area contributed by atoms with Crippen LogP contribution in [-0.2, 0) is 4.74 Å². The summed E-state index contributed by atoms with van der Waals surface area (Å²) in [5.74, 6) is 0.653. The third-order valence-electron chi connectivity index (χ3n) is 6.17. The van der Waals surface area contributed by atoms with Gasteiger partial charge in [-0.05, 0) is 18.8 Å². The normalized spacial score (nSPS) is 29.2. The van der Waals surface area contributed by atoms with Gasteiger partial charge in [0, 0.05) is 38.4 Å². The van der Waals surface area contributed by atoms with E-state index in [9.17, 15) is 4.79 Å². The summed E-state index contributed by atoms with van der Waals surface area (Å²) in [7, 11) is 0. The molecule has 4 rings (SSSR count). The Morgan fingerprint density at radius 2 is 1.92 bits per heavy atom. The zero-order chi connectivity index (χ0) is 17.2. The summed E-state index contributed by atoms with van der Waals surface area (Å²) in [5.41, 5.74) is 0.750. The van der Waals surface area contributed by atoms with Gasteiger partial charge in [-0.25, -0.2) is 0 Å². The van der Waals surface area contributed by atoms with Crippen molar-refractivity contribution < 1.29 is 9.53 Å². The number of aromatic nitrogens is 2. The summed E-state index contributed by atoms with van der Waals surface area (Å²) in [6, 6.07) is 0.940. The highest BCUT2D eigenvalue weighted by Gasteiger charge is 2.37. The molecule has 6 heteroatoms. The molecule has 1 aromatic heterocycles. The van der Waals surface area contributed by atoms with Crippen LogP contribution in [0, 0.1) is 5.92 Å². The molecule has 0 aromatic carbocycles. The van der Waals surface area contributed by atoms with Gasteiger partial charge in [0.2, 0.25) is 0 Å². The molecule has 0 spiro atoms. The van der Waals surface area contributed by atoms with Gasteiger partial charge in [-0.2, -0.15) is 5.10 Å². The molecular formula is C19H30N4O2. The van der Waals surface area contributed by atoms with Crippen molar-refractivity contribution in [3.63, 3.8) is 0 Å². The van der Waals surface area contributed by atoms with Crippen molar-refractivity contribution in [1.29, 1.82) is 0 Å². The van der Waals surface area contributed by atoms with Gasteiger partial charge >= 0.3 is 0 Å². The number of ether oxygens (including phenoxy) is 1. The zero-order valence-corrected chi connectivity index (χ0v) is 15.3. The number of hydrogen-bond acceptors (Lipinski definition) is 4.